The fourth-order valence-electron chi connectivity index (χ4n) is 3.53. The fourth-order valence-corrected chi connectivity index (χ4v) is 3.53. The molecule has 0 aromatic heterocycles. The number of ether oxygens (including phenoxy) is 2. The second kappa shape index (κ2) is 8.82. The zero-order chi connectivity index (χ0) is 20.9. The molecular formula is C25H23NO4. The molecule has 4 rings (SSSR count). The first kappa shape index (κ1) is 19.7. The molecule has 3 aromatic rings. The van der Waals surface area contributed by atoms with Crippen LogP contribution in [0, 0.1) is 5.92 Å². The lowest BCUT2D eigenvalue weighted by Crippen LogP contribution is -2.09. The lowest BCUT2D eigenvalue weighted by Gasteiger charge is -2.08. The molecule has 30 heavy (non-hydrogen) atoms. The molecule has 0 spiro atoms. The van der Waals surface area contributed by atoms with Crippen molar-refractivity contribution < 1.29 is 19.1 Å². The van der Waals surface area contributed by atoms with Gasteiger partial charge in [0.1, 0.15) is 11.5 Å². The van der Waals surface area contributed by atoms with Crippen molar-refractivity contribution in [3.8, 4) is 11.5 Å². The van der Waals surface area contributed by atoms with E-state index in [4.69, 9.17) is 14.3 Å². The molecule has 0 radical (unpaired) electrons. The molecule has 1 aliphatic carbocycles. The van der Waals surface area contributed by atoms with E-state index in [1.807, 2.05) is 42.5 Å². The highest BCUT2D eigenvalue weighted by atomic mass is 16.7. The second-order valence-electron chi connectivity index (χ2n) is 7.17. The predicted molar refractivity (Wildman–Crippen MR) is 115 cm³/mol. The molecule has 5 heteroatoms. The van der Waals surface area contributed by atoms with E-state index in [1.54, 1.807) is 38.5 Å². The van der Waals surface area contributed by atoms with E-state index in [2.05, 4.69) is 17.3 Å². The number of oxime groups is 1. The summed E-state index contributed by atoms with van der Waals surface area (Å²) in [6, 6.07) is 24.7. The summed E-state index contributed by atoms with van der Waals surface area (Å²) in [6.45, 7) is 0. The van der Waals surface area contributed by atoms with Crippen molar-refractivity contribution in [3.63, 3.8) is 0 Å². The highest BCUT2D eigenvalue weighted by Crippen LogP contribution is 2.49. The summed E-state index contributed by atoms with van der Waals surface area (Å²) in [5.41, 5.74) is 3.40. The summed E-state index contributed by atoms with van der Waals surface area (Å²) in [4.78, 5) is 17.8. The van der Waals surface area contributed by atoms with Crippen molar-refractivity contribution in [1.29, 1.82) is 0 Å². The van der Waals surface area contributed by atoms with Gasteiger partial charge in [-0.1, -0.05) is 47.6 Å². The van der Waals surface area contributed by atoms with Gasteiger partial charge in [0.25, 0.3) is 0 Å². The van der Waals surface area contributed by atoms with Gasteiger partial charge in [0.15, 0.2) is 0 Å². The van der Waals surface area contributed by atoms with Crippen molar-refractivity contribution in [2.24, 2.45) is 11.1 Å². The van der Waals surface area contributed by atoms with Gasteiger partial charge in [0.05, 0.1) is 25.5 Å². The van der Waals surface area contributed by atoms with Crippen LogP contribution in [0.3, 0.4) is 0 Å². The maximum absolute atomic E-state index is 12.5. The number of methoxy groups -OCH3 is 2. The maximum atomic E-state index is 12.5. The Labute approximate surface area is 175 Å². The predicted octanol–water partition coefficient (Wildman–Crippen LogP) is 5.07. The number of rotatable bonds is 7. The van der Waals surface area contributed by atoms with Crippen molar-refractivity contribution >= 4 is 11.7 Å². The normalized spacial score (nSPS) is 17.9. The van der Waals surface area contributed by atoms with E-state index in [-0.39, 0.29) is 5.92 Å². The van der Waals surface area contributed by atoms with Crippen molar-refractivity contribution in [1.82, 2.24) is 0 Å². The van der Waals surface area contributed by atoms with Crippen LogP contribution < -0.4 is 9.47 Å². The van der Waals surface area contributed by atoms with E-state index in [9.17, 15) is 4.79 Å². The van der Waals surface area contributed by atoms with Crippen LogP contribution in [0.25, 0.3) is 0 Å². The molecule has 3 aromatic carbocycles. The summed E-state index contributed by atoms with van der Waals surface area (Å²) < 4.78 is 10.4. The van der Waals surface area contributed by atoms with Gasteiger partial charge >= 0.3 is 5.97 Å². The minimum Gasteiger partial charge on any atom is -0.497 e. The largest absolute Gasteiger partial charge is 0.497 e. The molecule has 0 bridgehead atoms. The Morgan fingerprint density at radius 3 is 2.00 bits per heavy atom. The van der Waals surface area contributed by atoms with Gasteiger partial charge in [-0.2, -0.15) is 0 Å². The molecule has 0 heterocycles. The Bertz CT molecular complexity index is 1030. The van der Waals surface area contributed by atoms with Crippen LogP contribution in [-0.4, -0.2) is 25.9 Å². The Balaban J connectivity index is 1.54. The average molecular weight is 401 g/mol. The van der Waals surface area contributed by atoms with E-state index in [0.717, 1.165) is 23.4 Å². The van der Waals surface area contributed by atoms with E-state index in [0.29, 0.717) is 17.2 Å². The van der Waals surface area contributed by atoms with Gasteiger partial charge in [0.2, 0.25) is 0 Å². The molecule has 0 saturated heterocycles. The number of carbonyl (C=O) groups excluding carboxylic acids is 1. The van der Waals surface area contributed by atoms with Crippen molar-refractivity contribution in [2.75, 3.05) is 14.2 Å². The van der Waals surface area contributed by atoms with Gasteiger partial charge in [-0.05, 0) is 59.9 Å². The molecule has 5 nitrogen and oxygen atoms in total. The lowest BCUT2D eigenvalue weighted by molar-refractivity contribution is 0.0515. The monoisotopic (exact) mass is 401 g/mol. The Morgan fingerprint density at radius 1 is 0.800 bits per heavy atom. The Morgan fingerprint density at radius 2 is 1.40 bits per heavy atom. The molecule has 0 N–H and O–H groups in total. The first-order valence-electron chi connectivity index (χ1n) is 9.82. The van der Waals surface area contributed by atoms with E-state index < -0.39 is 5.97 Å². The van der Waals surface area contributed by atoms with Gasteiger partial charge in [0, 0.05) is 5.92 Å². The maximum Gasteiger partial charge on any atom is 0.365 e. The Hall–Kier alpha value is -3.60. The third kappa shape index (κ3) is 4.35. The zero-order valence-corrected chi connectivity index (χ0v) is 16.9. The second-order valence-corrected chi connectivity index (χ2v) is 7.17. The first-order chi connectivity index (χ1) is 14.7. The summed E-state index contributed by atoms with van der Waals surface area (Å²) in [6.07, 6.45) is 0.958. The van der Waals surface area contributed by atoms with Gasteiger partial charge in [-0.25, -0.2) is 4.79 Å². The van der Waals surface area contributed by atoms with Crippen LogP contribution in [0.2, 0.25) is 0 Å². The molecular weight excluding hydrogens is 378 g/mol. The minimum absolute atomic E-state index is 0.199. The fraction of sp³-hybridized carbons (Fsp3) is 0.200. The quantitative estimate of drug-likeness (QED) is 0.315. The zero-order valence-electron chi connectivity index (χ0n) is 16.9. The molecule has 0 aliphatic heterocycles. The Kier molecular flexibility index (Phi) is 5.80. The molecule has 1 fully saturated rings. The topological polar surface area (TPSA) is 57.1 Å². The van der Waals surface area contributed by atoms with Crippen molar-refractivity contribution in [2.45, 2.75) is 12.3 Å². The number of hydrogen-bond donors (Lipinski definition) is 0. The number of hydrogen-bond acceptors (Lipinski definition) is 5. The highest BCUT2D eigenvalue weighted by molar-refractivity contribution is 6.04. The van der Waals surface area contributed by atoms with Gasteiger partial charge < -0.3 is 14.3 Å². The highest BCUT2D eigenvalue weighted by Gasteiger charge is 2.43. The smallest absolute Gasteiger partial charge is 0.365 e. The summed E-state index contributed by atoms with van der Waals surface area (Å²) in [5, 5.41) is 4.30. The summed E-state index contributed by atoms with van der Waals surface area (Å²) in [7, 11) is 3.24. The lowest BCUT2D eigenvalue weighted by atomic mass is 10.0. The molecule has 152 valence electrons. The van der Waals surface area contributed by atoms with Crippen molar-refractivity contribution in [3.05, 3.63) is 95.6 Å². The van der Waals surface area contributed by atoms with Gasteiger partial charge in [-0.3, -0.25) is 0 Å². The standard InChI is InChI=1S/C25H23NO4/c1-28-20-12-8-17(9-13-20)22-16-23(22)24(18-6-4-3-5-7-18)26-30-25(27)19-10-14-21(29-2)15-11-19/h3-15,22-23H,16H2,1-2H3/b26-24-/t22-,23-/m0/s1. The van der Waals surface area contributed by atoms with Crippen LogP contribution in [0.5, 0.6) is 11.5 Å². The molecule has 1 saturated carbocycles. The molecule has 1 aliphatic rings. The number of nitrogens with zero attached hydrogens (tertiary/aromatic N) is 1. The average Bonchev–Trinajstić information content (AvgIpc) is 3.60. The van der Waals surface area contributed by atoms with Crippen LogP contribution in [0.15, 0.2) is 84.0 Å². The van der Waals surface area contributed by atoms with Crippen LogP contribution in [-0.2, 0) is 4.84 Å². The van der Waals surface area contributed by atoms with Crippen LogP contribution >= 0.6 is 0 Å². The molecule has 0 amide bonds. The summed E-state index contributed by atoms with van der Waals surface area (Å²) in [5.74, 6) is 1.56. The van der Waals surface area contributed by atoms with E-state index in [1.165, 1.54) is 5.56 Å². The number of carbonyl (C=O) groups is 1. The third-order valence-corrected chi connectivity index (χ3v) is 5.31. The van der Waals surface area contributed by atoms with E-state index >= 15 is 0 Å². The molecule has 2 atom stereocenters. The first-order valence-corrected chi connectivity index (χ1v) is 9.82. The van der Waals surface area contributed by atoms with Crippen LogP contribution in [0.1, 0.15) is 33.8 Å². The van der Waals surface area contributed by atoms with Crippen LogP contribution in [0.4, 0.5) is 0 Å². The number of benzene rings is 3. The third-order valence-electron chi connectivity index (χ3n) is 5.31. The SMILES string of the molecule is COc1ccc(C(=O)O/N=C(/c2ccccc2)[C@H]2C[C@H]2c2ccc(OC)cc2)cc1. The van der Waals surface area contributed by atoms with Gasteiger partial charge in [-0.15, -0.1) is 0 Å². The molecule has 0 unspecified atom stereocenters. The summed E-state index contributed by atoms with van der Waals surface area (Å²) >= 11 is 0. The minimum atomic E-state index is -0.493.